The first-order chi connectivity index (χ1) is 10.6. The summed E-state index contributed by atoms with van der Waals surface area (Å²) in [5, 5.41) is 0. The molecule has 2 saturated carbocycles. The third kappa shape index (κ3) is 4.10. The largest absolute Gasteiger partial charge is 0.462 e. The molecule has 0 atom stereocenters. The zero-order valence-electron chi connectivity index (χ0n) is 13.8. The Labute approximate surface area is 133 Å². The Balaban J connectivity index is 1.49. The molecule has 0 N–H and O–H groups in total. The lowest BCUT2D eigenvalue weighted by atomic mass is 9.82. The third-order valence-corrected chi connectivity index (χ3v) is 4.82. The van der Waals surface area contributed by atoms with Crippen molar-refractivity contribution in [1.82, 2.24) is 4.90 Å². The van der Waals surface area contributed by atoms with Gasteiger partial charge in [0.05, 0.1) is 5.92 Å². The number of carbonyl (C=O) groups is 1. The Hall–Kier alpha value is -1.35. The van der Waals surface area contributed by atoms with E-state index in [-0.39, 0.29) is 18.0 Å². The van der Waals surface area contributed by atoms with Gasteiger partial charge in [0.1, 0.15) is 6.10 Å². The lowest BCUT2D eigenvalue weighted by molar-refractivity contribution is -0.152. The van der Waals surface area contributed by atoms with Gasteiger partial charge in [0, 0.05) is 6.54 Å². The number of esters is 1. The second kappa shape index (κ2) is 6.82. The van der Waals surface area contributed by atoms with E-state index in [0.717, 1.165) is 45.1 Å². The van der Waals surface area contributed by atoms with Gasteiger partial charge in [-0.3, -0.25) is 4.79 Å². The summed E-state index contributed by atoms with van der Waals surface area (Å²) in [6.07, 6.45) is 6.54. The molecule has 2 fully saturated rings. The number of rotatable bonds is 5. The van der Waals surface area contributed by atoms with Crippen molar-refractivity contribution in [2.45, 2.75) is 57.1 Å². The van der Waals surface area contributed by atoms with E-state index in [2.05, 4.69) is 43.3 Å². The van der Waals surface area contributed by atoms with Crippen molar-refractivity contribution >= 4 is 5.97 Å². The Kier molecular flexibility index (Phi) is 4.82. The van der Waals surface area contributed by atoms with Crippen LogP contribution in [0.3, 0.4) is 0 Å². The quantitative estimate of drug-likeness (QED) is 0.776. The van der Waals surface area contributed by atoms with Crippen LogP contribution in [0.1, 0.15) is 55.6 Å². The molecular weight excluding hydrogens is 274 g/mol. The van der Waals surface area contributed by atoms with E-state index < -0.39 is 0 Å². The molecule has 3 heteroatoms. The molecule has 0 bridgehead atoms. The summed E-state index contributed by atoms with van der Waals surface area (Å²) in [5.74, 6) is 0.905. The zero-order valence-corrected chi connectivity index (χ0v) is 13.8. The predicted octanol–water partition coefficient (Wildman–Crippen LogP) is 3.73. The van der Waals surface area contributed by atoms with Gasteiger partial charge in [-0.25, -0.2) is 0 Å². The van der Waals surface area contributed by atoms with Crippen LogP contribution in [0, 0.1) is 5.92 Å². The van der Waals surface area contributed by atoms with Gasteiger partial charge < -0.3 is 9.64 Å². The molecule has 0 heterocycles. The zero-order chi connectivity index (χ0) is 15.5. The van der Waals surface area contributed by atoms with Gasteiger partial charge >= 0.3 is 5.97 Å². The summed E-state index contributed by atoms with van der Waals surface area (Å²) in [4.78, 5) is 13.9. The molecule has 1 aromatic carbocycles. The number of hydrogen-bond acceptors (Lipinski definition) is 3. The van der Waals surface area contributed by atoms with Crippen LogP contribution in [-0.2, 0) is 16.1 Å². The molecule has 0 unspecified atom stereocenters. The van der Waals surface area contributed by atoms with E-state index in [0.29, 0.717) is 5.92 Å². The molecule has 0 spiro atoms. The first-order valence-corrected chi connectivity index (χ1v) is 8.56. The lowest BCUT2D eigenvalue weighted by Gasteiger charge is -2.28. The molecule has 2 aliphatic rings. The van der Waals surface area contributed by atoms with Gasteiger partial charge in [-0.1, -0.05) is 24.3 Å². The summed E-state index contributed by atoms with van der Waals surface area (Å²) in [7, 11) is 4.19. The van der Waals surface area contributed by atoms with Gasteiger partial charge in [-0.05, 0) is 69.7 Å². The highest BCUT2D eigenvalue weighted by Crippen LogP contribution is 2.36. The van der Waals surface area contributed by atoms with Crippen molar-refractivity contribution in [3.63, 3.8) is 0 Å². The Morgan fingerprint density at radius 1 is 1.05 bits per heavy atom. The highest BCUT2D eigenvalue weighted by atomic mass is 16.5. The van der Waals surface area contributed by atoms with Crippen LogP contribution in [0.25, 0.3) is 0 Å². The van der Waals surface area contributed by atoms with E-state index in [9.17, 15) is 4.79 Å². The van der Waals surface area contributed by atoms with Crippen LogP contribution in [0.4, 0.5) is 0 Å². The van der Waals surface area contributed by atoms with Crippen LogP contribution in [0.2, 0.25) is 0 Å². The van der Waals surface area contributed by atoms with Crippen LogP contribution in [0.15, 0.2) is 24.3 Å². The highest BCUT2D eigenvalue weighted by Gasteiger charge is 2.34. The molecule has 3 rings (SSSR count). The molecule has 2 aliphatic carbocycles. The second-order valence-electron chi connectivity index (χ2n) is 7.16. The summed E-state index contributed by atoms with van der Waals surface area (Å²) < 4.78 is 5.62. The van der Waals surface area contributed by atoms with Gasteiger partial charge in [-0.2, -0.15) is 0 Å². The molecule has 0 saturated heterocycles. The summed E-state index contributed by atoms with van der Waals surface area (Å²) in [6, 6.07) is 9.04. The van der Waals surface area contributed by atoms with Gasteiger partial charge in [0.2, 0.25) is 0 Å². The van der Waals surface area contributed by atoms with E-state index in [1.165, 1.54) is 11.1 Å². The topological polar surface area (TPSA) is 29.5 Å². The summed E-state index contributed by atoms with van der Waals surface area (Å²) in [6.45, 7) is 0.990. The molecule has 22 heavy (non-hydrogen) atoms. The average molecular weight is 301 g/mol. The van der Waals surface area contributed by atoms with Crippen molar-refractivity contribution in [2.75, 3.05) is 14.1 Å². The molecule has 0 aromatic heterocycles. The molecule has 0 amide bonds. The molecule has 0 radical (unpaired) electrons. The van der Waals surface area contributed by atoms with E-state index >= 15 is 0 Å². The van der Waals surface area contributed by atoms with E-state index in [4.69, 9.17) is 4.74 Å². The smallest absolute Gasteiger partial charge is 0.309 e. The van der Waals surface area contributed by atoms with Crippen molar-refractivity contribution in [3.05, 3.63) is 35.4 Å². The van der Waals surface area contributed by atoms with Gasteiger partial charge in [0.25, 0.3) is 0 Å². The fourth-order valence-corrected chi connectivity index (χ4v) is 3.35. The van der Waals surface area contributed by atoms with Gasteiger partial charge in [0.15, 0.2) is 0 Å². The van der Waals surface area contributed by atoms with Crippen molar-refractivity contribution in [1.29, 1.82) is 0 Å². The lowest BCUT2D eigenvalue weighted by Crippen LogP contribution is -2.24. The Morgan fingerprint density at radius 3 is 2.23 bits per heavy atom. The van der Waals surface area contributed by atoms with Crippen LogP contribution >= 0.6 is 0 Å². The number of hydrogen-bond donors (Lipinski definition) is 0. The minimum Gasteiger partial charge on any atom is -0.462 e. The van der Waals surface area contributed by atoms with Crippen LogP contribution in [-0.4, -0.2) is 31.1 Å². The Morgan fingerprint density at radius 2 is 1.68 bits per heavy atom. The molecule has 3 nitrogen and oxygen atoms in total. The normalized spacial score (nSPS) is 25.2. The fourth-order valence-electron chi connectivity index (χ4n) is 3.35. The SMILES string of the molecule is CN(C)Cc1ccc(C2CCC(OC(=O)C3CC3)CC2)cc1. The van der Waals surface area contributed by atoms with Crippen molar-refractivity contribution in [3.8, 4) is 0 Å². The minimum absolute atomic E-state index is 0.0523. The Bertz CT molecular complexity index is 497. The minimum atomic E-state index is 0.0523. The third-order valence-electron chi connectivity index (χ3n) is 4.82. The summed E-state index contributed by atoms with van der Waals surface area (Å²) in [5.41, 5.74) is 2.80. The van der Waals surface area contributed by atoms with Crippen LogP contribution in [0.5, 0.6) is 0 Å². The second-order valence-corrected chi connectivity index (χ2v) is 7.16. The van der Waals surface area contributed by atoms with E-state index in [1.54, 1.807) is 0 Å². The van der Waals surface area contributed by atoms with Crippen LogP contribution < -0.4 is 0 Å². The predicted molar refractivity (Wildman–Crippen MR) is 87.6 cm³/mol. The summed E-state index contributed by atoms with van der Waals surface area (Å²) >= 11 is 0. The fraction of sp³-hybridized carbons (Fsp3) is 0.632. The maximum absolute atomic E-state index is 11.7. The maximum atomic E-state index is 11.7. The maximum Gasteiger partial charge on any atom is 0.309 e. The van der Waals surface area contributed by atoms with Crippen molar-refractivity contribution in [2.24, 2.45) is 5.92 Å². The molecule has 0 aliphatic heterocycles. The highest BCUT2D eigenvalue weighted by molar-refractivity contribution is 5.75. The monoisotopic (exact) mass is 301 g/mol. The van der Waals surface area contributed by atoms with Gasteiger partial charge in [-0.15, -0.1) is 0 Å². The number of ether oxygens (including phenoxy) is 1. The molecule has 120 valence electrons. The number of benzene rings is 1. The van der Waals surface area contributed by atoms with Crippen molar-refractivity contribution < 1.29 is 9.53 Å². The average Bonchev–Trinajstić information content (AvgIpc) is 3.33. The number of nitrogens with zero attached hydrogens (tertiary/aromatic N) is 1. The standard InChI is InChI=1S/C19H27NO2/c1-20(2)13-14-3-5-15(6-4-14)16-9-11-18(12-10-16)22-19(21)17-7-8-17/h3-6,16-18H,7-13H2,1-2H3. The molecule has 1 aromatic rings. The number of carbonyl (C=O) groups excluding carboxylic acids is 1. The molecular formula is C19H27NO2. The first kappa shape index (κ1) is 15.5. The van der Waals surface area contributed by atoms with E-state index in [1.807, 2.05) is 0 Å². The first-order valence-electron chi connectivity index (χ1n) is 8.56.